The van der Waals surface area contributed by atoms with E-state index in [9.17, 15) is 19.2 Å². The Bertz CT molecular complexity index is 1490. The number of rotatable bonds is 11. The highest BCUT2D eigenvalue weighted by molar-refractivity contribution is 6.30. The molecule has 3 aromatic carbocycles. The molecule has 4 rings (SSSR count). The molecule has 1 heterocycles. The minimum atomic E-state index is -0.925. The number of halogens is 1. The largest absolute Gasteiger partial charge is 0.493 e. The van der Waals surface area contributed by atoms with Gasteiger partial charge in [-0.1, -0.05) is 41.9 Å². The third-order valence-corrected chi connectivity index (χ3v) is 6.80. The molecule has 0 saturated heterocycles. The molecule has 0 saturated carbocycles. The summed E-state index contributed by atoms with van der Waals surface area (Å²) in [4.78, 5) is 56.1. The molecule has 0 bridgehead atoms. The van der Waals surface area contributed by atoms with E-state index in [2.05, 4.69) is 15.6 Å². The van der Waals surface area contributed by atoms with Gasteiger partial charge in [0, 0.05) is 24.5 Å². The van der Waals surface area contributed by atoms with E-state index < -0.39 is 29.7 Å². The lowest BCUT2D eigenvalue weighted by molar-refractivity contribution is -0.123. The topological polar surface area (TPSA) is 152 Å². The molecule has 0 fully saturated rings. The highest BCUT2D eigenvalue weighted by Gasteiger charge is 2.34. The summed E-state index contributed by atoms with van der Waals surface area (Å²) in [6.07, 6.45) is 0.132. The quantitative estimate of drug-likeness (QED) is 0.175. The van der Waals surface area contributed by atoms with Crippen molar-refractivity contribution in [3.05, 3.63) is 94.0 Å². The number of hydrogen-bond donors (Lipinski definition) is 3. The van der Waals surface area contributed by atoms with Crippen LogP contribution in [-0.2, 0) is 22.4 Å². The summed E-state index contributed by atoms with van der Waals surface area (Å²) < 4.78 is 10.5. The molecule has 1 aliphatic rings. The van der Waals surface area contributed by atoms with Crippen molar-refractivity contribution in [1.29, 1.82) is 0 Å². The Morgan fingerprint density at radius 1 is 0.929 bits per heavy atom. The van der Waals surface area contributed by atoms with Gasteiger partial charge in [-0.3, -0.25) is 24.1 Å². The molecule has 218 valence electrons. The van der Waals surface area contributed by atoms with Crippen molar-refractivity contribution in [2.75, 3.05) is 27.3 Å². The van der Waals surface area contributed by atoms with E-state index in [-0.39, 0.29) is 31.9 Å². The van der Waals surface area contributed by atoms with Crippen LogP contribution in [0.4, 0.5) is 0 Å². The molecule has 1 unspecified atom stereocenters. The summed E-state index contributed by atoms with van der Waals surface area (Å²) in [5, 5.41) is 6.09. The fourth-order valence-electron chi connectivity index (χ4n) is 4.47. The SMILES string of the molecule is COc1ccc(CC(=O)N=C(N)NC(Cc2ccc(Cl)cc2)C(=O)NCCN2C(=O)c3ccccc3C2=O)cc1OC. The van der Waals surface area contributed by atoms with Crippen molar-refractivity contribution in [2.24, 2.45) is 10.7 Å². The minimum absolute atomic E-state index is 0.0123. The zero-order chi connectivity index (χ0) is 30.2. The molecular formula is C30H30ClN5O6. The van der Waals surface area contributed by atoms with E-state index >= 15 is 0 Å². The molecule has 0 spiro atoms. The fourth-order valence-corrected chi connectivity index (χ4v) is 4.60. The van der Waals surface area contributed by atoms with Crippen molar-refractivity contribution in [3.63, 3.8) is 0 Å². The summed E-state index contributed by atoms with van der Waals surface area (Å²) in [6, 6.07) is 17.6. The number of ether oxygens (including phenoxy) is 2. The number of fused-ring (bicyclic) bond motifs is 1. The predicted molar refractivity (Wildman–Crippen MR) is 157 cm³/mol. The van der Waals surface area contributed by atoms with Crippen molar-refractivity contribution >= 4 is 41.2 Å². The van der Waals surface area contributed by atoms with Gasteiger partial charge >= 0.3 is 0 Å². The lowest BCUT2D eigenvalue weighted by Gasteiger charge is -2.20. The molecule has 42 heavy (non-hydrogen) atoms. The maximum absolute atomic E-state index is 13.2. The number of nitrogens with zero attached hydrogens (tertiary/aromatic N) is 2. The van der Waals surface area contributed by atoms with Gasteiger partial charge in [0.15, 0.2) is 17.5 Å². The number of imide groups is 1. The van der Waals surface area contributed by atoms with Crippen LogP contribution in [0.1, 0.15) is 31.8 Å². The van der Waals surface area contributed by atoms with Gasteiger partial charge < -0.3 is 25.8 Å². The Hall–Kier alpha value is -4.90. The van der Waals surface area contributed by atoms with E-state index in [1.807, 2.05) is 0 Å². The Balaban J connectivity index is 1.41. The molecule has 1 atom stereocenters. The van der Waals surface area contributed by atoms with Crippen LogP contribution < -0.4 is 25.8 Å². The van der Waals surface area contributed by atoms with Crippen LogP contribution >= 0.6 is 11.6 Å². The average molecular weight is 592 g/mol. The van der Waals surface area contributed by atoms with Crippen LogP contribution in [-0.4, -0.2) is 67.8 Å². The first-order valence-corrected chi connectivity index (χ1v) is 13.4. The van der Waals surface area contributed by atoms with Gasteiger partial charge in [-0.25, -0.2) is 0 Å². The average Bonchev–Trinajstić information content (AvgIpc) is 3.22. The summed E-state index contributed by atoms with van der Waals surface area (Å²) in [5.41, 5.74) is 8.11. The number of aliphatic imine (C=N–C) groups is 1. The molecule has 0 aromatic heterocycles. The second-order valence-electron chi connectivity index (χ2n) is 9.38. The Labute approximate surface area is 247 Å². The van der Waals surface area contributed by atoms with Crippen LogP contribution in [0.25, 0.3) is 0 Å². The summed E-state index contributed by atoms with van der Waals surface area (Å²) in [5.74, 6) is -1.07. The van der Waals surface area contributed by atoms with Crippen molar-refractivity contribution in [1.82, 2.24) is 15.5 Å². The van der Waals surface area contributed by atoms with Crippen molar-refractivity contribution in [2.45, 2.75) is 18.9 Å². The molecule has 4 N–H and O–H groups in total. The lowest BCUT2D eigenvalue weighted by atomic mass is 10.1. The lowest BCUT2D eigenvalue weighted by Crippen LogP contribution is -2.51. The zero-order valence-electron chi connectivity index (χ0n) is 23.1. The number of carbonyl (C=O) groups is 4. The zero-order valence-corrected chi connectivity index (χ0v) is 23.8. The number of guanidine groups is 1. The number of nitrogens with one attached hydrogen (secondary N) is 2. The van der Waals surface area contributed by atoms with Crippen molar-refractivity contribution in [3.8, 4) is 11.5 Å². The van der Waals surface area contributed by atoms with E-state index in [4.69, 9.17) is 26.8 Å². The number of benzene rings is 3. The molecule has 0 radical (unpaired) electrons. The van der Waals surface area contributed by atoms with Crippen LogP contribution in [0.3, 0.4) is 0 Å². The van der Waals surface area contributed by atoms with E-state index in [0.717, 1.165) is 10.5 Å². The molecular weight excluding hydrogens is 562 g/mol. The van der Waals surface area contributed by atoms with Gasteiger partial charge in [0.05, 0.1) is 31.8 Å². The third kappa shape index (κ3) is 7.24. The molecule has 12 heteroatoms. The number of methoxy groups -OCH3 is 2. The number of carbonyl (C=O) groups excluding carboxylic acids is 4. The Morgan fingerprint density at radius 2 is 1.55 bits per heavy atom. The highest BCUT2D eigenvalue weighted by atomic mass is 35.5. The predicted octanol–water partition coefficient (Wildman–Crippen LogP) is 2.35. The van der Waals surface area contributed by atoms with Gasteiger partial charge in [-0.15, -0.1) is 0 Å². The maximum Gasteiger partial charge on any atom is 0.261 e. The highest BCUT2D eigenvalue weighted by Crippen LogP contribution is 2.27. The summed E-state index contributed by atoms with van der Waals surface area (Å²) in [7, 11) is 3.01. The van der Waals surface area contributed by atoms with E-state index in [1.165, 1.54) is 14.2 Å². The Morgan fingerprint density at radius 3 is 2.17 bits per heavy atom. The van der Waals surface area contributed by atoms with Gasteiger partial charge in [-0.2, -0.15) is 4.99 Å². The number of hydrogen-bond acceptors (Lipinski definition) is 6. The first kappa shape index (κ1) is 30.1. The second kappa shape index (κ2) is 13.6. The minimum Gasteiger partial charge on any atom is -0.493 e. The molecule has 0 aliphatic carbocycles. The maximum atomic E-state index is 13.2. The third-order valence-electron chi connectivity index (χ3n) is 6.55. The van der Waals surface area contributed by atoms with Crippen LogP contribution in [0.5, 0.6) is 11.5 Å². The van der Waals surface area contributed by atoms with Crippen LogP contribution in [0.15, 0.2) is 71.7 Å². The normalized spacial score (nSPS) is 13.4. The van der Waals surface area contributed by atoms with E-state index in [1.54, 1.807) is 66.7 Å². The van der Waals surface area contributed by atoms with Crippen LogP contribution in [0, 0.1) is 0 Å². The smallest absolute Gasteiger partial charge is 0.261 e. The van der Waals surface area contributed by atoms with Gasteiger partial charge in [0.1, 0.15) is 6.04 Å². The monoisotopic (exact) mass is 591 g/mol. The number of amides is 4. The first-order valence-electron chi connectivity index (χ1n) is 13.0. The molecule has 1 aliphatic heterocycles. The Kier molecular flexibility index (Phi) is 9.77. The molecule has 11 nitrogen and oxygen atoms in total. The second-order valence-corrected chi connectivity index (χ2v) is 9.82. The number of nitrogens with two attached hydrogens (primary N) is 1. The summed E-state index contributed by atoms with van der Waals surface area (Å²) >= 11 is 6.00. The molecule has 4 amide bonds. The van der Waals surface area contributed by atoms with E-state index in [0.29, 0.717) is 33.2 Å². The van der Waals surface area contributed by atoms with Gasteiger partial charge in [-0.05, 0) is 47.5 Å². The molecule has 3 aromatic rings. The van der Waals surface area contributed by atoms with Crippen LogP contribution in [0.2, 0.25) is 5.02 Å². The van der Waals surface area contributed by atoms with Gasteiger partial charge in [0.2, 0.25) is 5.91 Å². The van der Waals surface area contributed by atoms with Crippen molar-refractivity contribution < 1.29 is 28.7 Å². The standard InChI is InChI=1S/C30H30ClN5O6/c1-41-24-12-9-19(16-25(24)42-2)17-26(37)35-30(32)34-23(15-18-7-10-20(31)11-8-18)27(38)33-13-14-36-28(39)21-5-3-4-6-22(21)29(36)40/h3-12,16,23H,13-15,17H2,1-2H3,(H,33,38)(H3,32,34,35,37). The van der Waals surface area contributed by atoms with Gasteiger partial charge in [0.25, 0.3) is 17.7 Å². The summed E-state index contributed by atoms with van der Waals surface area (Å²) in [6.45, 7) is -0.00247. The first-order chi connectivity index (χ1) is 20.2. The fraction of sp³-hybridized carbons (Fsp3) is 0.233.